The van der Waals surface area contributed by atoms with Gasteiger partial charge in [0.25, 0.3) is 0 Å². The van der Waals surface area contributed by atoms with E-state index in [0.29, 0.717) is 36.8 Å². The number of carbonyl (C=O) groups excluding carboxylic acids is 1. The van der Waals surface area contributed by atoms with Gasteiger partial charge in [-0.2, -0.15) is 0 Å². The lowest BCUT2D eigenvalue weighted by Crippen LogP contribution is -2.16. The van der Waals surface area contributed by atoms with Crippen LogP contribution in [0.5, 0.6) is 0 Å². The van der Waals surface area contributed by atoms with E-state index >= 15 is 0 Å². The Morgan fingerprint density at radius 1 is 0.737 bits per heavy atom. The molecule has 0 amide bonds. The fourth-order valence-corrected chi connectivity index (χ4v) is 8.10. The standard InChI is InChI=1S/C20H18ClNO5S.C14H14ClNO4S.C7H7Br/c21-18-11-15(8-9-16-7-4-10-26-16)17(12-19(18)28(22,24)25)20(23)27-13-14-5-2-1-3-6-14;15-12-7-10(6-5-9-3-1-2-4-9)11(14(17)18)8-13(12)21(16,19)20;8-6-7-4-2-1-3-5-7/h1-7,10-12H,8-9,13H2,(H2,22,24,25);1-3,7-8H,4-6H2,(H,17,18)(H2,16,19,20);1-5H,6H2. The summed E-state index contributed by atoms with van der Waals surface area (Å²) in [5.74, 6) is -1.12. The highest BCUT2D eigenvalue weighted by Gasteiger charge is 2.22. The van der Waals surface area contributed by atoms with Crippen molar-refractivity contribution in [2.24, 2.45) is 10.3 Å². The second-order valence-electron chi connectivity index (χ2n) is 12.5. The number of carbonyl (C=O) groups is 2. The number of nitrogens with two attached hydrogens (primary N) is 2. The van der Waals surface area contributed by atoms with Crippen LogP contribution in [0.3, 0.4) is 0 Å². The Morgan fingerprint density at radius 2 is 1.28 bits per heavy atom. The molecule has 16 heteroatoms. The van der Waals surface area contributed by atoms with Gasteiger partial charge in [-0.05, 0) is 84.3 Å². The number of alkyl halides is 1. The first-order valence-corrected chi connectivity index (χ1v) is 22.2. The zero-order chi connectivity index (χ0) is 41.6. The molecule has 0 bridgehead atoms. The minimum absolute atomic E-state index is 0.0449. The van der Waals surface area contributed by atoms with Gasteiger partial charge in [-0.25, -0.2) is 36.7 Å². The summed E-state index contributed by atoms with van der Waals surface area (Å²) in [6.45, 7) is 0.0602. The number of allylic oxidation sites excluding steroid dienone is 4. The topological polar surface area (TPSA) is 197 Å². The number of furan rings is 1. The summed E-state index contributed by atoms with van der Waals surface area (Å²) in [6.07, 6.45) is 10.5. The lowest BCUT2D eigenvalue weighted by molar-refractivity contribution is 0.0470. The van der Waals surface area contributed by atoms with Crippen molar-refractivity contribution in [3.05, 3.63) is 176 Å². The van der Waals surface area contributed by atoms with Gasteiger partial charge < -0.3 is 14.3 Å². The van der Waals surface area contributed by atoms with Crippen molar-refractivity contribution in [2.75, 3.05) is 0 Å². The number of esters is 1. The summed E-state index contributed by atoms with van der Waals surface area (Å²) in [4.78, 5) is 23.3. The van der Waals surface area contributed by atoms with Crippen LogP contribution in [-0.4, -0.2) is 33.9 Å². The smallest absolute Gasteiger partial charge is 0.338 e. The van der Waals surface area contributed by atoms with Crippen LogP contribution in [0.2, 0.25) is 10.0 Å². The average Bonchev–Trinajstić information content (AvgIpc) is 3.91. The van der Waals surface area contributed by atoms with Gasteiger partial charge in [0.1, 0.15) is 22.2 Å². The van der Waals surface area contributed by atoms with E-state index in [1.165, 1.54) is 29.3 Å². The van der Waals surface area contributed by atoms with E-state index in [0.717, 1.165) is 29.1 Å². The molecule has 0 unspecified atom stereocenters. The molecule has 0 radical (unpaired) electrons. The number of benzene rings is 4. The van der Waals surface area contributed by atoms with E-state index in [1.807, 2.05) is 72.8 Å². The van der Waals surface area contributed by atoms with Gasteiger partial charge in [-0.15, -0.1) is 0 Å². The Kier molecular flexibility index (Phi) is 16.9. The zero-order valence-corrected chi connectivity index (χ0v) is 35.0. The molecule has 57 heavy (non-hydrogen) atoms. The normalized spacial score (nSPS) is 12.1. The van der Waals surface area contributed by atoms with Gasteiger partial charge in [0.2, 0.25) is 20.0 Å². The van der Waals surface area contributed by atoms with Crippen molar-refractivity contribution >= 4 is 71.1 Å². The molecule has 300 valence electrons. The van der Waals surface area contributed by atoms with E-state index in [2.05, 4.69) is 28.1 Å². The van der Waals surface area contributed by atoms with Gasteiger partial charge in [0.05, 0.1) is 27.4 Å². The number of ether oxygens (including phenoxy) is 1. The van der Waals surface area contributed by atoms with Crippen molar-refractivity contribution in [3.8, 4) is 0 Å². The van der Waals surface area contributed by atoms with E-state index < -0.39 is 32.0 Å². The number of rotatable bonds is 13. The molecule has 6 rings (SSSR count). The first kappa shape index (κ1) is 45.2. The Labute approximate surface area is 350 Å². The Hall–Kier alpha value is -4.54. The number of hydrogen-bond donors (Lipinski definition) is 3. The monoisotopic (exact) mass is 916 g/mol. The number of hydrogen-bond acceptors (Lipinski definition) is 8. The molecule has 1 aliphatic carbocycles. The molecule has 0 atom stereocenters. The molecule has 1 aliphatic rings. The maximum atomic E-state index is 12.7. The maximum Gasteiger partial charge on any atom is 0.338 e. The molecule has 1 heterocycles. The molecule has 4 aromatic carbocycles. The van der Waals surface area contributed by atoms with Crippen LogP contribution in [0.25, 0.3) is 0 Å². The van der Waals surface area contributed by atoms with Crippen molar-refractivity contribution in [3.63, 3.8) is 0 Å². The number of primary sulfonamides is 2. The van der Waals surface area contributed by atoms with Crippen molar-refractivity contribution in [2.45, 2.75) is 53.8 Å². The maximum absolute atomic E-state index is 12.7. The van der Waals surface area contributed by atoms with E-state index in [9.17, 15) is 31.5 Å². The molecular formula is C41H39BrCl2N2O9S2. The van der Waals surface area contributed by atoms with Crippen LogP contribution in [-0.2, 0) is 56.0 Å². The highest BCUT2D eigenvalue weighted by atomic mass is 79.9. The van der Waals surface area contributed by atoms with Gasteiger partial charge in [0, 0.05) is 11.8 Å². The number of carboxylic acid groups (broad SMARTS) is 1. The van der Waals surface area contributed by atoms with Crippen molar-refractivity contribution < 1.29 is 40.7 Å². The van der Waals surface area contributed by atoms with E-state index in [1.54, 1.807) is 12.3 Å². The number of halogens is 3. The van der Waals surface area contributed by atoms with Crippen LogP contribution < -0.4 is 10.3 Å². The van der Waals surface area contributed by atoms with Crippen molar-refractivity contribution in [1.82, 2.24) is 0 Å². The molecule has 0 aliphatic heterocycles. The van der Waals surface area contributed by atoms with Crippen LogP contribution in [0, 0.1) is 0 Å². The molecule has 0 fully saturated rings. The van der Waals surface area contributed by atoms with Crippen molar-refractivity contribution in [1.29, 1.82) is 0 Å². The van der Waals surface area contributed by atoms with Crippen LogP contribution >= 0.6 is 39.1 Å². The molecule has 5 N–H and O–H groups in total. The average molecular weight is 919 g/mol. The van der Waals surface area contributed by atoms with Gasteiger partial charge in [-0.3, -0.25) is 0 Å². The molecule has 0 saturated heterocycles. The second kappa shape index (κ2) is 21.3. The Balaban J connectivity index is 0.000000217. The number of aryl methyl sites for hydroxylation is 3. The van der Waals surface area contributed by atoms with E-state index in [-0.39, 0.29) is 37.6 Å². The van der Waals surface area contributed by atoms with Gasteiger partial charge >= 0.3 is 11.9 Å². The first-order valence-electron chi connectivity index (χ1n) is 17.2. The summed E-state index contributed by atoms with van der Waals surface area (Å²) in [6, 6.07) is 28.0. The van der Waals surface area contributed by atoms with Crippen LogP contribution in [0.1, 0.15) is 61.6 Å². The van der Waals surface area contributed by atoms with E-state index in [4.69, 9.17) is 42.6 Å². The van der Waals surface area contributed by atoms with Gasteiger partial charge in [-0.1, -0.05) is 124 Å². The predicted octanol–water partition coefficient (Wildman–Crippen LogP) is 8.81. The molecule has 11 nitrogen and oxygen atoms in total. The van der Waals surface area contributed by atoms with Crippen LogP contribution in [0.15, 0.2) is 141 Å². The zero-order valence-electron chi connectivity index (χ0n) is 30.3. The molecule has 0 spiro atoms. The fraction of sp³-hybridized carbons (Fsp3) is 0.171. The first-order chi connectivity index (χ1) is 27.1. The molecular weight excluding hydrogens is 879 g/mol. The number of sulfonamides is 2. The highest BCUT2D eigenvalue weighted by Crippen LogP contribution is 2.29. The van der Waals surface area contributed by atoms with Crippen LogP contribution in [0.4, 0.5) is 0 Å². The Morgan fingerprint density at radius 3 is 1.75 bits per heavy atom. The molecule has 5 aromatic rings. The summed E-state index contributed by atoms with van der Waals surface area (Å²) >= 11 is 15.4. The second-order valence-corrected chi connectivity index (χ2v) is 16.9. The summed E-state index contributed by atoms with van der Waals surface area (Å²) in [5.41, 5.74) is 4.39. The summed E-state index contributed by atoms with van der Waals surface area (Å²) in [7, 11) is -8.14. The number of carboxylic acids is 1. The predicted molar refractivity (Wildman–Crippen MR) is 224 cm³/mol. The summed E-state index contributed by atoms with van der Waals surface area (Å²) < 4.78 is 57.0. The number of aromatic carboxylic acids is 1. The lowest BCUT2D eigenvalue weighted by atomic mass is 9.99. The third-order valence-corrected chi connectivity index (χ3v) is 11.8. The highest BCUT2D eigenvalue weighted by molar-refractivity contribution is 9.08. The minimum Gasteiger partial charge on any atom is -0.478 e. The third kappa shape index (κ3) is 14.1. The lowest BCUT2D eigenvalue weighted by Gasteiger charge is -2.12. The fourth-order valence-electron chi connectivity index (χ4n) is 5.48. The quantitative estimate of drug-likeness (QED) is 0.0764. The third-order valence-electron chi connectivity index (χ3n) is 8.37. The Bertz CT molecular complexity index is 2440. The molecule has 1 aromatic heterocycles. The molecule has 0 saturated carbocycles. The SMILES string of the molecule is BrCc1ccccc1.NS(=O)(=O)c1cc(C(=O)O)c(CCC2=CC=CC2)cc1Cl.NS(=O)(=O)c1cc(C(=O)OCc2ccccc2)c(CCc2ccco2)cc1Cl. The minimum atomic E-state index is -4.09. The largest absolute Gasteiger partial charge is 0.478 e. The summed E-state index contributed by atoms with van der Waals surface area (Å²) in [5, 5.41) is 20.3. The van der Waals surface area contributed by atoms with Gasteiger partial charge in [0.15, 0.2) is 0 Å².